The molecule has 190 valence electrons. The fourth-order valence-electron chi connectivity index (χ4n) is 3.30. The van der Waals surface area contributed by atoms with E-state index in [1.807, 2.05) is 5.32 Å². The molecule has 0 bridgehead atoms. The molecule has 0 saturated carbocycles. The predicted molar refractivity (Wildman–Crippen MR) is 114 cm³/mol. The van der Waals surface area contributed by atoms with Crippen molar-refractivity contribution in [2.45, 2.75) is 18.8 Å². The third kappa shape index (κ3) is 9.03. The van der Waals surface area contributed by atoms with Gasteiger partial charge in [0.25, 0.3) is 5.56 Å². The summed E-state index contributed by atoms with van der Waals surface area (Å²) in [6.07, 6.45) is -4.66. The van der Waals surface area contributed by atoms with E-state index in [2.05, 4.69) is 10.1 Å². The van der Waals surface area contributed by atoms with Crippen LogP contribution in [-0.2, 0) is 11.8 Å². The molecule has 0 aliphatic heterocycles. The van der Waals surface area contributed by atoms with Gasteiger partial charge in [0.05, 0.1) is 6.04 Å². The first-order chi connectivity index (χ1) is 16.8. The van der Waals surface area contributed by atoms with Crippen LogP contribution in [-0.4, -0.2) is 22.9 Å². The summed E-state index contributed by atoms with van der Waals surface area (Å²) < 4.78 is 57.2. The average molecular weight is 553 g/mol. The number of carbonyl (C=O) groups is 2. The van der Waals surface area contributed by atoms with Crippen LogP contribution in [0.25, 0.3) is 11.1 Å². The van der Waals surface area contributed by atoms with Crippen molar-refractivity contribution in [1.29, 1.82) is 0 Å². The first-order valence-electron chi connectivity index (χ1n) is 10.1. The molecular formula is C23H17F4N3Na2O6. The van der Waals surface area contributed by atoms with E-state index in [4.69, 9.17) is 0 Å². The molecular weight excluding hydrogens is 536 g/mol. The van der Waals surface area contributed by atoms with E-state index in [0.29, 0.717) is 0 Å². The molecule has 2 amide bonds. The monoisotopic (exact) mass is 553 g/mol. The predicted octanol–water partition coefficient (Wildman–Crippen LogP) is -3.83. The summed E-state index contributed by atoms with van der Waals surface area (Å²) in [7, 11) is 1.33. The fraction of sp³-hybridized carbons (Fsp3) is 0.174. The third-order valence-electron chi connectivity index (χ3n) is 4.92. The van der Waals surface area contributed by atoms with Gasteiger partial charge in [-0.3, -0.25) is 4.79 Å². The minimum absolute atomic E-state index is 0. The zero-order chi connectivity index (χ0) is 26.6. The van der Waals surface area contributed by atoms with Gasteiger partial charge in [-0.1, -0.05) is 30.0 Å². The maximum atomic E-state index is 14.7. The molecule has 1 heterocycles. The number of ether oxygens (including phenoxy) is 1. The summed E-state index contributed by atoms with van der Waals surface area (Å²) >= 11 is 0. The molecule has 3 aromatic rings. The molecule has 0 aliphatic rings. The van der Waals surface area contributed by atoms with Crippen molar-refractivity contribution in [2.75, 3.05) is 5.32 Å². The Bertz CT molecular complexity index is 1370. The second-order valence-corrected chi connectivity index (χ2v) is 7.51. The first kappa shape index (κ1) is 33.5. The van der Waals surface area contributed by atoms with Crippen LogP contribution in [0.5, 0.6) is 11.5 Å². The van der Waals surface area contributed by atoms with Gasteiger partial charge in [0.15, 0.2) is 0 Å². The Labute approximate surface area is 257 Å². The smallest absolute Gasteiger partial charge is 0.871 e. The van der Waals surface area contributed by atoms with Crippen molar-refractivity contribution < 1.29 is 101 Å². The SMILES string of the molecule is Cn1ccc([O-])c(NC(=O)N[C@@H](CC(=O)[O-])c2cc(-c3cccc(OC(F)(F)F)c3)ccc2F)c1=O.[Na+].[Na+]. The van der Waals surface area contributed by atoms with Crippen molar-refractivity contribution in [1.82, 2.24) is 9.88 Å². The number of hydrogen-bond donors (Lipinski definition) is 2. The number of carboxylic acids is 1. The summed E-state index contributed by atoms with van der Waals surface area (Å²) in [5.74, 6) is -3.94. The number of nitrogens with zero attached hydrogens (tertiary/aromatic N) is 1. The maximum Gasteiger partial charge on any atom is 1.00 e. The standard InChI is InChI=1S/C23H19F4N3O6.2Na/c1-30-8-7-18(31)20(21(30)34)29-22(35)28-17(11-19(32)33)15-10-13(5-6-16(15)24)12-3-2-4-14(9-12)36-23(25,26)27;;/h2-10,17,31H,11H2,1H3,(H,32,33)(H2,28,29,35);;/q;2*+1/p-2/t17-;;/m0../s1. The number of nitrogens with one attached hydrogen (secondary N) is 2. The van der Waals surface area contributed by atoms with Gasteiger partial charge in [0.2, 0.25) is 0 Å². The molecule has 0 radical (unpaired) electrons. The average Bonchev–Trinajstić information content (AvgIpc) is 2.78. The molecule has 3 rings (SSSR count). The van der Waals surface area contributed by atoms with Crippen LogP contribution in [0.3, 0.4) is 0 Å². The van der Waals surface area contributed by atoms with Crippen LogP contribution in [0.1, 0.15) is 18.0 Å². The largest absolute Gasteiger partial charge is 1.00 e. The number of carbonyl (C=O) groups excluding carboxylic acids is 2. The fourth-order valence-corrected chi connectivity index (χ4v) is 3.30. The Morgan fingerprint density at radius 2 is 1.74 bits per heavy atom. The van der Waals surface area contributed by atoms with Gasteiger partial charge in [-0.15, -0.1) is 13.2 Å². The summed E-state index contributed by atoms with van der Waals surface area (Å²) in [6, 6.07) is 6.40. The van der Waals surface area contributed by atoms with Gasteiger partial charge >= 0.3 is 71.5 Å². The Balaban J connectivity index is 0.00000361. The number of pyridine rings is 1. The number of carboxylic acid groups (broad SMARTS) is 1. The zero-order valence-electron chi connectivity index (χ0n) is 20.4. The number of urea groups is 1. The molecule has 0 aliphatic carbocycles. The minimum Gasteiger partial charge on any atom is -0.871 e. The normalized spacial score (nSPS) is 11.4. The quantitative estimate of drug-likeness (QED) is 0.228. The first-order valence-corrected chi connectivity index (χ1v) is 10.1. The molecule has 0 fully saturated rings. The van der Waals surface area contributed by atoms with E-state index in [1.54, 1.807) is 0 Å². The van der Waals surface area contributed by atoms with Gasteiger partial charge in [-0.25, -0.2) is 9.18 Å². The number of hydrogen-bond acceptors (Lipinski definition) is 6. The van der Waals surface area contributed by atoms with Gasteiger partial charge in [0, 0.05) is 31.2 Å². The number of aromatic nitrogens is 1. The molecule has 0 unspecified atom stereocenters. The van der Waals surface area contributed by atoms with Crippen molar-refractivity contribution >= 4 is 17.7 Å². The number of aliphatic carboxylic acids is 1. The second-order valence-electron chi connectivity index (χ2n) is 7.51. The zero-order valence-corrected chi connectivity index (χ0v) is 24.4. The van der Waals surface area contributed by atoms with Gasteiger partial charge in [-0.2, -0.15) is 0 Å². The van der Waals surface area contributed by atoms with E-state index in [-0.39, 0.29) is 75.8 Å². The molecule has 0 spiro atoms. The Kier molecular flexibility index (Phi) is 12.3. The number of aryl methyl sites for hydroxylation is 1. The Hall–Kier alpha value is -2.55. The molecule has 1 atom stereocenters. The van der Waals surface area contributed by atoms with E-state index in [9.17, 15) is 42.2 Å². The van der Waals surface area contributed by atoms with Crippen LogP contribution >= 0.6 is 0 Å². The third-order valence-corrected chi connectivity index (χ3v) is 4.92. The molecule has 9 nitrogen and oxygen atoms in total. The molecule has 2 N–H and O–H groups in total. The van der Waals surface area contributed by atoms with Gasteiger partial charge in [0.1, 0.15) is 17.3 Å². The van der Waals surface area contributed by atoms with E-state index >= 15 is 0 Å². The Morgan fingerprint density at radius 1 is 1.08 bits per heavy atom. The number of alkyl halides is 3. The summed E-state index contributed by atoms with van der Waals surface area (Å²) in [6.45, 7) is 0. The van der Waals surface area contributed by atoms with E-state index < -0.39 is 59.4 Å². The van der Waals surface area contributed by atoms with E-state index in [0.717, 1.165) is 34.9 Å². The summed E-state index contributed by atoms with van der Waals surface area (Å²) in [5.41, 5.74) is -1.41. The van der Waals surface area contributed by atoms with Crippen molar-refractivity contribution in [2.24, 2.45) is 7.05 Å². The second kappa shape index (κ2) is 14.0. The Morgan fingerprint density at radius 3 is 2.37 bits per heavy atom. The summed E-state index contributed by atoms with van der Waals surface area (Å²) in [4.78, 5) is 35.9. The topological polar surface area (TPSA) is 136 Å². The number of anilines is 1. The minimum atomic E-state index is -4.94. The van der Waals surface area contributed by atoms with Crippen molar-refractivity contribution in [3.8, 4) is 22.6 Å². The molecule has 1 aromatic heterocycles. The van der Waals surface area contributed by atoms with E-state index in [1.165, 1.54) is 31.4 Å². The maximum absolute atomic E-state index is 14.7. The molecule has 2 aromatic carbocycles. The number of rotatable bonds is 7. The van der Waals surface area contributed by atoms with Crippen molar-refractivity contribution in [3.63, 3.8) is 0 Å². The van der Waals surface area contributed by atoms with Crippen LogP contribution < -0.4 is 90.3 Å². The van der Waals surface area contributed by atoms with Crippen molar-refractivity contribution in [3.05, 3.63) is 76.5 Å². The number of halogens is 4. The number of benzene rings is 2. The van der Waals surface area contributed by atoms with Crippen LogP contribution in [0.15, 0.2) is 59.5 Å². The van der Waals surface area contributed by atoms with Crippen LogP contribution in [0.2, 0.25) is 0 Å². The van der Waals surface area contributed by atoms with Gasteiger partial charge < -0.3 is 34.9 Å². The molecule has 38 heavy (non-hydrogen) atoms. The number of amides is 2. The molecule has 0 saturated heterocycles. The summed E-state index contributed by atoms with van der Waals surface area (Å²) in [5, 5.41) is 27.4. The molecule has 15 heteroatoms. The van der Waals surface area contributed by atoms with Gasteiger partial charge in [-0.05, 0) is 35.4 Å². The van der Waals surface area contributed by atoms with Crippen LogP contribution in [0.4, 0.5) is 28.0 Å². The van der Waals surface area contributed by atoms with Crippen LogP contribution in [0, 0.1) is 5.82 Å².